The van der Waals surface area contributed by atoms with Crippen molar-refractivity contribution in [3.05, 3.63) is 59.4 Å². The van der Waals surface area contributed by atoms with Gasteiger partial charge in [0, 0.05) is 38.4 Å². The zero-order valence-electron chi connectivity index (χ0n) is 17.5. The monoisotopic (exact) mass is 444 g/mol. The highest BCUT2D eigenvalue weighted by molar-refractivity contribution is 5.97. The van der Waals surface area contributed by atoms with E-state index >= 15 is 0 Å². The van der Waals surface area contributed by atoms with Gasteiger partial charge in [0.05, 0.1) is 17.4 Å². The molecule has 6 nitrogen and oxygen atoms in total. The van der Waals surface area contributed by atoms with Gasteiger partial charge >= 0.3 is 0 Å². The van der Waals surface area contributed by atoms with Crippen LogP contribution in [-0.2, 0) is 11.2 Å². The number of carbonyl (C=O) groups is 1. The number of halogens is 2. The minimum absolute atomic E-state index is 0.0191. The number of para-hydroxylation sites is 1. The summed E-state index contributed by atoms with van der Waals surface area (Å²) in [7, 11) is 0. The SMILES string of the molecule is O=C1Nc2c(F)cc([C@@H](O)CN3C[C@H]4C[C@H](Oc5ccccc5)C[C@@]4(O)C3)cc2C[C@@H]1F. The number of anilines is 1. The molecule has 0 unspecified atom stereocenters. The van der Waals surface area contributed by atoms with E-state index < -0.39 is 29.6 Å². The number of alkyl halides is 1. The number of nitrogens with zero attached hydrogens (tertiary/aromatic N) is 1. The van der Waals surface area contributed by atoms with Crippen molar-refractivity contribution in [3.8, 4) is 5.75 Å². The van der Waals surface area contributed by atoms with Crippen LogP contribution in [0.1, 0.15) is 30.1 Å². The zero-order chi connectivity index (χ0) is 22.5. The van der Waals surface area contributed by atoms with Gasteiger partial charge in [-0.25, -0.2) is 8.78 Å². The highest BCUT2D eigenvalue weighted by atomic mass is 19.1. The first-order valence-electron chi connectivity index (χ1n) is 10.9. The van der Waals surface area contributed by atoms with Gasteiger partial charge in [-0.15, -0.1) is 0 Å². The van der Waals surface area contributed by atoms with Crippen LogP contribution in [0.25, 0.3) is 0 Å². The molecule has 1 aliphatic carbocycles. The number of amides is 1. The molecule has 2 aliphatic heterocycles. The van der Waals surface area contributed by atoms with Crippen molar-refractivity contribution < 1.29 is 28.5 Å². The maximum atomic E-state index is 14.5. The molecule has 2 aromatic rings. The lowest BCUT2D eigenvalue weighted by molar-refractivity contribution is -0.121. The van der Waals surface area contributed by atoms with Crippen molar-refractivity contribution in [1.29, 1.82) is 0 Å². The second-order valence-electron chi connectivity index (χ2n) is 9.20. The topological polar surface area (TPSA) is 82.0 Å². The number of benzene rings is 2. The summed E-state index contributed by atoms with van der Waals surface area (Å²) in [6.07, 6.45) is -1.75. The lowest BCUT2D eigenvalue weighted by atomic mass is 9.95. The van der Waals surface area contributed by atoms with Crippen LogP contribution in [0.2, 0.25) is 0 Å². The third-order valence-corrected chi connectivity index (χ3v) is 6.85. The molecule has 1 saturated carbocycles. The normalized spacial score (nSPS) is 30.5. The zero-order valence-corrected chi connectivity index (χ0v) is 17.5. The van der Waals surface area contributed by atoms with Gasteiger partial charge in [-0.2, -0.15) is 0 Å². The molecule has 5 rings (SSSR count). The van der Waals surface area contributed by atoms with Gasteiger partial charge in [-0.05, 0) is 35.7 Å². The predicted molar refractivity (Wildman–Crippen MR) is 114 cm³/mol. The van der Waals surface area contributed by atoms with E-state index in [0.29, 0.717) is 30.6 Å². The van der Waals surface area contributed by atoms with Gasteiger partial charge < -0.3 is 20.3 Å². The number of β-amino-alcohol motifs (C(OH)–C–C–N with tert-alkyl or cyclic N) is 2. The van der Waals surface area contributed by atoms with Gasteiger partial charge in [0.25, 0.3) is 5.91 Å². The molecule has 3 N–H and O–H groups in total. The van der Waals surface area contributed by atoms with Crippen molar-refractivity contribution in [2.24, 2.45) is 5.92 Å². The fourth-order valence-corrected chi connectivity index (χ4v) is 5.32. The smallest absolute Gasteiger partial charge is 0.259 e. The van der Waals surface area contributed by atoms with E-state index in [0.717, 1.165) is 12.2 Å². The van der Waals surface area contributed by atoms with E-state index in [4.69, 9.17) is 4.74 Å². The Labute approximate surface area is 184 Å². The highest BCUT2D eigenvalue weighted by Gasteiger charge is 2.52. The summed E-state index contributed by atoms with van der Waals surface area (Å²) in [5.74, 6) is -0.716. The Morgan fingerprint density at radius 3 is 2.81 bits per heavy atom. The van der Waals surface area contributed by atoms with E-state index in [1.165, 1.54) is 6.07 Å². The number of hydrogen-bond donors (Lipinski definition) is 3. The molecule has 2 fully saturated rings. The van der Waals surface area contributed by atoms with Crippen LogP contribution in [0.15, 0.2) is 42.5 Å². The van der Waals surface area contributed by atoms with E-state index in [-0.39, 0.29) is 30.7 Å². The fraction of sp³-hybridized carbons (Fsp3) is 0.458. The molecule has 5 atom stereocenters. The summed E-state index contributed by atoms with van der Waals surface area (Å²) in [5.41, 5.74) is -0.233. The second-order valence-corrected chi connectivity index (χ2v) is 9.20. The van der Waals surface area contributed by atoms with Gasteiger partial charge in [0.15, 0.2) is 6.17 Å². The maximum absolute atomic E-state index is 14.5. The average Bonchev–Trinajstić information content (AvgIpc) is 3.20. The van der Waals surface area contributed by atoms with Gasteiger partial charge in [0.2, 0.25) is 0 Å². The number of aliphatic hydroxyl groups excluding tert-OH is 1. The minimum atomic E-state index is -1.73. The first-order valence-corrected chi connectivity index (χ1v) is 10.9. The largest absolute Gasteiger partial charge is 0.490 e. The molecule has 0 bridgehead atoms. The average molecular weight is 444 g/mol. The Morgan fingerprint density at radius 1 is 1.28 bits per heavy atom. The van der Waals surface area contributed by atoms with E-state index in [1.807, 2.05) is 35.2 Å². The maximum Gasteiger partial charge on any atom is 0.259 e. The first kappa shape index (κ1) is 21.3. The third-order valence-electron chi connectivity index (χ3n) is 6.85. The minimum Gasteiger partial charge on any atom is -0.490 e. The second kappa shape index (κ2) is 8.10. The highest BCUT2D eigenvalue weighted by Crippen LogP contribution is 2.43. The van der Waals surface area contributed by atoms with E-state index in [2.05, 4.69) is 5.32 Å². The number of likely N-dealkylation sites (tertiary alicyclic amines) is 1. The summed E-state index contributed by atoms with van der Waals surface area (Å²) in [4.78, 5) is 13.4. The lowest BCUT2D eigenvalue weighted by Crippen LogP contribution is -2.36. The molecule has 32 heavy (non-hydrogen) atoms. The molecule has 0 aromatic heterocycles. The molecule has 8 heteroatoms. The molecule has 0 radical (unpaired) electrons. The molecule has 2 heterocycles. The summed E-state index contributed by atoms with van der Waals surface area (Å²) >= 11 is 0. The number of ether oxygens (including phenoxy) is 1. The Hall–Kier alpha value is -2.55. The number of hydrogen-bond acceptors (Lipinski definition) is 5. The van der Waals surface area contributed by atoms with Gasteiger partial charge in [-0.3, -0.25) is 9.69 Å². The van der Waals surface area contributed by atoms with E-state index in [1.54, 1.807) is 6.07 Å². The Bertz CT molecular complexity index is 1020. The summed E-state index contributed by atoms with van der Waals surface area (Å²) in [6.45, 7) is 1.24. The molecular weight excluding hydrogens is 418 g/mol. The quantitative estimate of drug-likeness (QED) is 0.661. The molecule has 3 aliphatic rings. The number of fused-ring (bicyclic) bond motifs is 2. The van der Waals surface area contributed by atoms with Crippen LogP contribution >= 0.6 is 0 Å². The van der Waals surface area contributed by atoms with Crippen LogP contribution in [0, 0.1) is 11.7 Å². The number of aliphatic hydroxyl groups is 2. The molecule has 0 spiro atoms. The van der Waals surface area contributed by atoms with Crippen LogP contribution in [0.5, 0.6) is 5.75 Å². The van der Waals surface area contributed by atoms with Crippen LogP contribution in [0.3, 0.4) is 0 Å². The summed E-state index contributed by atoms with van der Waals surface area (Å²) in [6, 6.07) is 12.3. The fourth-order valence-electron chi connectivity index (χ4n) is 5.32. The number of nitrogens with one attached hydrogen (secondary N) is 1. The van der Waals surface area contributed by atoms with Gasteiger partial charge in [-0.1, -0.05) is 24.3 Å². The Morgan fingerprint density at radius 2 is 2.06 bits per heavy atom. The summed E-state index contributed by atoms with van der Waals surface area (Å²) in [5, 5.41) is 24.1. The van der Waals surface area contributed by atoms with Crippen LogP contribution in [0.4, 0.5) is 14.5 Å². The Kier molecular flexibility index (Phi) is 5.39. The molecule has 1 amide bonds. The number of rotatable bonds is 5. The first-order chi connectivity index (χ1) is 15.3. The van der Waals surface area contributed by atoms with Crippen molar-refractivity contribution in [3.63, 3.8) is 0 Å². The molecule has 2 aromatic carbocycles. The third kappa shape index (κ3) is 3.98. The van der Waals surface area contributed by atoms with Crippen molar-refractivity contribution in [2.45, 2.75) is 43.2 Å². The van der Waals surface area contributed by atoms with Crippen molar-refractivity contribution >= 4 is 11.6 Å². The lowest BCUT2D eigenvalue weighted by Gasteiger charge is -2.26. The number of carbonyl (C=O) groups excluding carboxylic acids is 1. The molecular formula is C24H26F2N2O4. The Balaban J connectivity index is 1.22. The molecule has 1 saturated heterocycles. The van der Waals surface area contributed by atoms with Gasteiger partial charge in [0.1, 0.15) is 17.7 Å². The van der Waals surface area contributed by atoms with Crippen molar-refractivity contribution in [1.82, 2.24) is 4.90 Å². The summed E-state index contributed by atoms with van der Waals surface area (Å²) < 4.78 is 34.2. The molecule has 170 valence electrons. The van der Waals surface area contributed by atoms with Crippen molar-refractivity contribution in [2.75, 3.05) is 25.0 Å². The predicted octanol–water partition coefficient (Wildman–Crippen LogP) is 2.60. The van der Waals surface area contributed by atoms with Crippen LogP contribution < -0.4 is 10.1 Å². The van der Waals surface area contributed by atoms with Crippen LogP contribution in [-0.4, -0.2) is 58.5 Å². The van der Waals surface area contributed by atoms with E-state index in [9.17, 15) is 23.8 Å². The standard InChI is InChI=1S/C24H26F2N2O4/c25-19-7-14(6-15-8-20(26)23(30)27-22(15)19)21(29)12-28-11-16-9-18(10-24(16,31)13-28)32-17-4-2-1-3-5-17/h1-7,16,18,20-21,29,31H,8-13H2,(H,27,30)/t16-,18+,20+,21+,24-/m1/s1.